The van der Waals surface area contributed by atoms with Crippen LogP contribution in [0, 0.1) is 12.8 Å². The van der Waals surface area contributed by atoms with Gasteiger partial charge >= 0.3 is 0 Å². The van der Waals surface area contributed by atoms with Crippen LogP contribution in [0.25, 0.3) is 0 Å². The minimum Gasteiger partial charge on any atom is -0.348 e. The van der Waals surface area contributed by atoms with Crippen LogP contribution in [0.2, 0.25) is 0 Å². The summed E-state index contributed by atoms with van der Waals surface area (Å²) in [5.41, 5.74) is 1.15. The maximum atomic E-state index is 12.8. The molecule has 2 aliphatic heterocycles. The molecule has 132 valence electrons. The lowest BCUT2D eigenvalue weighted by molar-refractivity contribution is -0.139. The molecule has 2 bridgehead atoms. The average molecular weight is 340 g/mol. The van der Waals surface area contributed by atoms with Crippen molar-refractivity contribution in [2.75, 3.05) is 0 Å². The van der Waals surface area contributed by atoms with Crippen molar-refractivity contribution in [3.63, 3.8) is 0 Å². The molecule has 1 aliphatic carbocycles. The van der Waals surface area contributed by atoms with Gasteiger partial charge in [0.25, 0.3) is 5.91 Å². The van der Waals surface area contributed by atoms with Crippen LogP contribution in [0.5, 0.6) is 0 Å². The third-order valence-corrected chi connectivity index (χ3v) is 5.69. The second-order valence-electron chi connectivity index (χ2n) is 7.46. The Bertz CT molecular complexity index is 678. The van der Waals surface area contributed by atoms with Crippen LogP contribution in [-0.4, -0.2) is 44.8 Å². The van der Waals surface area contributed by atoms with E-state index in [4.69, 9.17) is 0 Å². The highest BCUT2D eigenvalue weighted by Crippen LogP contribution is 2.38. The van der Waals surface area contributed by atoms with Gasteiger partial charge in [0.15, 0.2) is 0 Å². The van der Waals surface area contributed by atoms with E-state index < -0.39 is 0 Å². The summed E-state index contributed by atoms with van der Waals surface area (Å²) in [7, 11) is 0. The number of fused-ring (bicyclic) bond motifs is 2. The molecule has 1 N–H and O–H groups in total. The standard InChI is InChI=1S/C19H24N4O2/c1-12-10-21-17(11-20-12)18(24)22-14-8-15-6-7-16(9-14)23(15)19(25)13-4-2-3-5-13/h2-3,10-11,13-16H,4-9H2,1H3,(H,22,24). The number of carbonyl (C=O) groups is 2. The summed E-state index contributed by atoms with van der Waals surface area (Å²) < 4.78 is 0. The van der Waals surface area contributed by atoms with E-state index in [0.29, 0.717) is 11.6 Å². The lowest BCUT2D eigenvalue weighted by Crippen LogP contribution is -2.53. The van der Waals surface area contributed by atoms with Gasteiger partial charge in [0.1, 0.15) is 5.69 Å². The Balaban J connectivity index is 1.38. The Labute approximate surface area is 147 Å². The first kappa shape index (κ1) is 16.2. The van der Waals surface area contributed by atoms with Crippen molar-refractivity contribution in [2.45, 2.75) is 63.6 Å². The molecule has 2 fully saturated rings. The number of carbonyl (C=O) groups excluding carboxylic acids is 2. The number of amides is 2. The van der Waals surface area contributed by atoms with E-state index in [9.17, 15) is 9.59 Å². The first-order valence-corrected chi connectivity index (χ1v) is 9.18. The van der Waals surface area contributed by atoms with Crippen LogP contribution in [0.15, 0.2) is 24.5 Å². The molecule has 2 unspecified atom stereocenters. The molecule has 1 aromatic heterocycles. The minimum absolute atomic E-state index is 0.110. The zero-order valence-electron chi connectivity index (χ0n) is 14.5. The third-order valence-electron chi connectivity index (χ3n) is 5.69. The number of hydrogen-bond acceptors (Lipinski definition) is 4. The smallest absolute Gasteiger partial charge is 0.271 e. The molecule has 1 aromatic rings. The Kier molecular flexibility index (Phi) is 4.27. The van der Waals surface area contributed by atoms with Gasteiger partial charge < -0.3 is 10.2 Å². The van der Waals surface area contributed by atoms with Gasteiger partial charge in [0.2, 0.25) is 5.91 Å². The number of nitrogens with one attached hydrogen (secondary N) is 1. The highest BCUT2D eigenvalue weighted by Gasteiger charge is 2.45. The fourth-order valence-corrected chi connectivity index (χ4v) is 4.45. The normalized spacial score (nSPS) is 28.4. The zero-order chi connectivity index (χ0) is 17.4. The summed E-state index contributed by atoms with van der Waals surface area (Å²) in [5.74, 6) is 0.278. The van der Waals surface area contributed by atoms with E-state index in [1.54, 1.807) is 6.20 Å². The lowest BCUT2D eigenvalue weighted by Gasteiger charge is -2.40. The predicted molar refractivity (Wildman–Crippen MR) is 92.8 cm³/mol. The molecule has 6 nitrogen and oxygen atoms in total. The van der Waals surface area contributed by atoms with Crippen molar-refractivity contribution >= 4 is 11.8 Å². The Morgan fingerprint density at radius 1 is 1.08 bits per heavy atom. The monoisotopic (exact) mass is 340 g/mol. The highest BCUT2D eigenvalue weighted by molar-refractivity contribution is 5.92. The second kappa shape index (κ2) is 6.58. The first-order valence-electron chi connectivity index (χ1n) is 9.18. The molecule has 3 aliphatic rings. The van der Waals surface area contributed by atoms with E-state index in [2.05, 4.69) is 32.3 Å². The fourth-order valence-electron chi connectivity index (χ4n) is 4.45. The van der Waals surface area contributed by atoms with Crippen LogP contribution in [0.4, 0.5) is 0 Å². The molecular weight excluding hydrogens is 316 g/mol. The van der Waals surface area contributed by atoms with Crippen LogP contribution in [-0.2, 0) is 4.79 Å². The zero-order valence-corrected chi connectivity index (χ0v) is 14.5. The van der Waals surface area contributed by atoms with Gasteiger partial charge in [-0.3, -0.25) is 14.6 Å². The number of aryl methyl sites for hydroxylation is 1. The predicted octanol–water partition coefficient (Wildman–Crippen LogP) is 2.00. The number of rotatable bonds is 3. The topological polar surface area (TPSA) is 75.2 Å². The maximum Gasteiger partial charge on any atom is 0.271 e. The summed E-state index contributed by atoms with van der Waals surface area (Å²) in [4.78, 5) is 35.6. The molecule has 0 spiro atoms. The molecule has 0 aromatic carbocycles. The van der Waals surface area contributed by atoms with Gasteiger partial charge in [0.05, 0.1) is 11.9 Å². The SMILES string of the molecule is Cc1cnc(C(=O)NC2CC3CCC(C2)N3C(=O)C2CC=CC2)cn1. The van der Waals surface area contributed by atoms with Crippen LogP contribution < -0.4 is 5.32 Å². The summed E-state index contributed by atoms with van der Waals surface area (Å²) in [6.07, 6.45) is 12.9. The van der Waals surface area contributed by atoms with Crippen molar-refractivity contribution in [1.29, 1.82) is 0 Å². The van der Waals surface area contributed by atoms with Crippen LogP contribution in [0.1, 0.15) is 54.7 Å². The van der Waals surface area contributed by atoms with Gasteiger partial charge in [-0.15, -0.1) is 0 Å². The molecule has 2 amide bonds. The number of allylic oxidation sites excluding steroid dienone is 2. The Morgan fingerprint density at radius 2 is 1.76 bits per heavy atom. The summed E-state index contributed by atoms with van der Waals surface area (Å²) in [5, 5.41) is 3.09. The van der Waals surface area contributed by atoms with Crippen LogP contribution in [0.3, 0.4) is 0 Å². The molecule has 2 atom stereocenters. The summed E-state index contributed by atoms with van der Waals surface area (Å²) in [6.45, 7) is 1.85. The van der Waals surface area contributed by atoms with Gasteiger partial charge in [-0.25, -0.2) is 4.98 Å². The molecular formula is C19H24N4O2. The minimum atomic E-state index is -0.170. The molecule has 25 heavy (non-hydrogen) atoms. The first-order chi connectivity index (χ1) is 12.1. The van der Waals surface area contributed by atoms with Gasteiger partial charge in [-0.05, 0) is 45.4 Å². The molecule has 2 saturated heterocycles. The molecule has 0 saturated carbocycles. The molecule has 4 rings (SSSR count). The number of hydrogen-bond donors (Lipinski definition) is 1. The number of aromatic nitrogens is 2. The van der Waals surface area contributed by atoms with Gasteiger partial charge in [0, 0.05) is 30.2 Å². The third kappa shape index (κ3) is 3.17. The summed E-state index contributed by atoms with van der Waals surface area (Å²) >= 11 is 0. The van der Waals surface area contributed by atoms with Gasteiger partial charge in [-0.1, -0.05) is 12.2 Å². The van der Waals surface area contributed by atoms with E-state index in [-0.39, 0.29) is 30.0 Å². The second-order valence-corrected chi connectivity index (χ2v) is 7.46. The van der Waals surface area contributed by atoms with E-state index in [0.717, 1.165) is 44.2 Å². The highest BCUT2D eigenvalue weighted by atomic mass is 16.2. The fraction of sp³-hybridized carbons (Fsp3) is 0.579. The molecule has 3 heterocycles. The lowest BCUT2D eigenvalue weighted by atomic mass is 9.94. The van der Waals surface area contributed by atoms with E-state index in [1.807, 2.05) is 6.92 Å². The van der Waals surface area contributed by atoms with Crippen LogP contribution >= 0.6 is 0 Å². The van der Waals surface area contributed by atoms with Crippen molar-refractivity contribution < 1.29 is 9.59 Å². The Hall–Kier alpha value is -2.24. The quantitative estimate of drug-likeness (QED) is 0.854. The van der Waals surface area contributed by atoms with Crippen molar-refractivity contribution in [3.8, 4) is 0 Å². The van der Waals surface area contributed by atoms with Crippen molar-refractivity contribution in [3.05, 3.63) is 35.9 Å². The summed E-state index contributed by atoms with van der Waals surface area (Å²) in [6, 6.07) is 0.640. The van der Waals surface area contributed by atoms with E-state index in [1.165, 1.54) is 6.20 Å². The van der Waals surface area contributed by atoms with Gasteiger partial charge in [-0.2, -0.15) is 0 Å². The molecule has 6 heteroatoms. The number of nitrogens with zero attached hydrogens (tertiary/aromatic N) is 3. The van der Waals surface area contributed by atoms with Crippen molar-refractivity contribution in [1.82, 2.24) is 20.2 Å². The average Bonchev–Trinajstić information content (AvgIpc) is 3.22. The van der Waals surface area contributed by atoms with E-state index >= 15 is 0 Å². The Morgan fingerprint density at radius 3 is 2.36 bits per heavy atom. The molecule has 0 radical (unpaired) electrons. The number of piperidine rings is 1. The van der Waals surface area contributed by atoms with Crippen molar-refractivity contribution in [2.24, 2.45) is 5.92 Å². The maximum absolute atomic E-state index is 12.8. The largest absolute Gasteiger partial charge is 0.348 e.